The number of amides is 2. The molecule has 2 heterocycles. The van der Waals surface area contributed by atoms with Crippen molar-refractivity contribution in [3.8, 4) is 5.69 Å². The molecule has 37 heavy (non-hydrogen) atoms. The number of hydrogen-bond donors (Lipinski definition) is 2. The molecule has 1 aliphatic carbocycles. The maximum atomic E-state index is 13.3. The third-order valence-electron chi connectivity index (χ3n) is 7.47. The molecule has 2 fully saturated rings. The van der Waals surface area contributed by atoms with Crippen LogP contribution in [0.2, 0.25) is 0 Å². The Hall–Kier alpha value is -3.45. The lowest BCUT2D eigenvalue weighted by molar-refractivity contribution is -0.134. The van der Waals surface area contributed by atoms with Gasteiger partial charge >= 0.3 is 0 Å². The molecule has 3 atom stereocenters. The van der Waals surface area contributed by atoms with Gasteiger partial charge in [-0.1, -0.05) is 12.1 Å². The van der Waals surface area contributed by atoms with Crippen LogP contribution in [0.15, 0.2) is 73.1 Å². The Bertz CT molecular complexity index is 1170. The number of nitrogens with one attached hydrogen (secondary N) is 2. The van der Waals surface area contributed by atoms with Crippen molar-refractivity contribution >= 4 is 11.8 Å². The van der Waals surface area contributed by atoms with E-state index in [0.29, 0.717) is 23.9 Å². The van der Waals surface area contributed by atoms with E-state index in [-0.39, 0.29) is 17.6 Å². The Balaban J connectivity index is 1.16. The lowest BCUT2D eigenvalue weighted by Gasteiger charge is -2.31. The fraction of sp³-hybridized carbons (Fsp3) is 0.400. The molecule has 0 unspecified atom stereocenters. The summed E-state index contributed by atoms with van der Waals surface area (Å²) in [4.78, 5) is 28.3. The largest absolute Gasteiger partial charge is 0.341 e. The van der Waals surface area contributed by atoms with E-state index in [1.165, 1.54) is 12.1 Å². The molecule has 3 aromatic rings. The first kappa shape index (κ1) is 25.2. The Morgan fingerprint density at radius 3 is 2.35 bits per heavy atom. The Morgan fingerprint density at radius 2 is 1.65 bits per heavy atom. The second-order valence-electron chi connectivity index (χ2n) is 10.1. The fourth-order valence-corrected chi connectivity index (χ4v) is 5.22. The van der Waals surface area contributed by atoms with Crippen molar-refractivity contribution in [1.29, 1.82) is 0 Å². The molecule has 1 saturated carbocycles. The van der Waals surface area contributed by atoms with Crippen molar-refractivity contribution in [2.45, 2.75) is 56.5 Å². The lowest BCUT2D eigenvalue weighted by atomic mass is 10.1. The molecule has 7 heteroatoms. The van der Waals surface area contributed by atoms with Gasteiger partial charge in [-0.05, 0) is 99.2 Å². The van der Waals surface area contributed by atoms with Crippen molar-refractivity contribution in [2.75, 3.05) is 19.6 Å². The molecule has 1 saturated heterocycles. The Labute approximate surface area is 217 Å². The van der Waals surface area contributed by atoms with Crippen LogP contribution in [0.25, 0.3) is 5.69 Å². The molecular formula is C30H35FN4O2. The van der Waals surface area contributed by atoms with Crippen LogP contribution in [-0.2, 0) is 4.79 Å². The van der Waals surface area contributed by atoms with E-state index in [1.54, 1.807) is 12.1 Å². The maximum absolute atomic E-state index is 13.3. The van der Waals surface area contributed by atoms with Crippen molar-refractivity contribution in [3.63, 3.8) is 0 Å². The van der Waals surface area contributed by atoms with Crippen LogP contribution in [0.3, 0.4) is 0 Å². The van der Waals surface area contributed by atoms with Crippen LogP contribution in [0.4, 0.5) is 4.39 Å². The summed E-state index contributed by atoms with van der Waals surface area (Å²) in [6.45, 7) is 2.29. The number of hydrogen-bond acceptors (Lipinski definition) is 3. The summed E-state index contributed by atoms with van der Waals surface area (Å²) in [6.07, 6.45) is 9.50. The van der Waals surface area contributed by atoms with Crippen LogP contribution in [-0.4, -0.2) is 53.0 Å². The highest BCUT2D eigenvalue weighted by Crippen LogP contribution is 2.40. The predicted molar refractivity (Wildman–Crippen MR) is 142 cm³/mol. The normalized spacial score (nSPS) is 19.9. The van der Waals surface area contributed by atoms with Crippen molar-refractivity contribution in [2.24, 2.45) is 0 Å². The highest BCUT2D eigenvalue weighted by atomic mass is 19.1. The van der Waals surface area contributed by atoms with E-state index >= 15 is 0 Å². The monoisotopic (exact) mass is 502 g/mol. The standard InChI is InChI=1S/C30H35FN4O2/c31-24-12-8-22(9-13-24)26-21-28(26)32-16-6-7-27(30(37)35-19-2-1-3-20-35)33-29(36)23-10-14-25(15-11-23)34-17-4-5-18-34/h4-5,8-15,17-18,26-28,32H,1-3,6-7,16,19-21H2,(H,33,36)/t26-,27-,28+/m0/s1. The number of carbonyl (C=O) groups excluding carboxylic acids is 2. The second-order valence-corrected chi connectivity index (χ2v) is 10.1. The fourth-order valence-electron chi connectivity index (χ4n) is 5.22. The summed E-state index contributed by atoms with van der Waals surface area (Å²) in [5.74, 6) is 0.00590. The molecular weight excluding hydrogens is 467 g/mol. The van der Waals surface area contributed by atoms with Gasteiger partial charge in [0.15, 0.2) is 0 Å². The van der Waals surface area contributed by atoms with Gasteiger partial charge in [-0.25, -0.2) is 4.39 Å². The molecule has 2 amide bonds. The first-order valence-corrected chi connectivity index (χ1v) is 13.4. The van der Waals surface area contributed by atoms with Gasteiger partial charge in [0.2, 0.25) is 5.91 Å². The molecule has 1 aromatic heterocycles. The number of benzene rings is 2. The number of aromatic nitrogens is 1. The zero-order valence-electron chi connectivity index (χ0n) is 21.1. The third kappa shape index (κ3) is 6.46. The minimum Gasteiger partial charge on any atom is -0.341 e. The van der Waals surface area contributed by atoms with Crippen LogP contribution in [0.1, 0.15) is 60.4 Å². The van der Waals surface area contributed by atoms with Crippen LogP contribution < -0.4 is 10.6 Å². The van der Waals surface area contributed by atoms with E-state index in [0.717, 1.165) is 63.0 Å². The molecule has 5 rings (SSSR count). The zero-order valence-corrected chi connectivity index (χ0v) is 21.1. The number of nitrogens with zero attached hydrogens (tertiary/aromatic N) is 2. The number of rotatable bonds is 10. The van der Waals surface area contributed by atoms with E-state index in [1.807, 2.05) is 58.3 Å². The molecule has 2 aliphatic rings. The molecule has 2 aromatic carbocycles. The van der Waals surface area contributed by atoms with Crippen molar-refractivity contribution < 1.29 is 14.0 Å². The summed E-state index contributed by atoms with van der Waals surface area (Å²) in [5.41, 5.74) is 2.69. The molecule has 0 radical (unpaired) electrons. The summed E-state index contributed by atoms with van der Waals surface area (Å²) < 4.78 is 15.2. The lowest BCUT2D eigenvalue weighted by Crippen LogP contribution is -2.50. The topological polar surface area (TPSA) is 66.4 Å². The highest BCUT2D eigenvalue weighted by Gasteiger charge is 2.37. The molecule has 0 bridgehead atoms. The smallest absolute Gasteiger partial charge is 0.251 e. The summed E-state index contributed by atoms with van der Waals surface area (Å²) in [5, 5.41) is 6.59. The second kappa shape index (κ2) is 11.7. The Kier molecular flexibility index (Phi) is 7.99. The van der Waals surface area contributed by atoms with Crippen LogP contribution >= 0.6 is 0 Å². The van der Waals surface area contributed by atoms with Gasteiger partial charge in [-0.15, -0.1) is 0 Å². The molecule has 0 spiro atoms. The SMILES string of the molecule is O=C(N[C@@H](CCCN[C@@H]1C[C@H]1c1ccc(F)cc1)C(=O)N1CCCCC1)c1ccc(-n2cccc2)cc1. The quantitative estimate of drug-likeness (QED) is 0.397. The van der Waals surface area contributed by atoms with Crippen molar-refractivity contribution in [1.82, 2.24) is 20.1 Å². The van der Waals surface area contributed by atoms with E-state index in [9.17, 15) is 14.0 Å². The Morgan fingerprint density at radius 1 is 0.946 bits per heavy atom. The predicted octanol–water partition coefficient (Wildman–Crippen LogP) is 4.65. The van der Waals surface area contributed by atoms with Gasteiger partial charge in [0.25, 0.3) is 5.91 Å². The van der Waals surface area contributed by atoms with E-state index < -0.39 is 6.04 Å². The third-order valence-corrected chi connectivity index (χ3v) is 7.47. The van der Waals surface area contributed by atoms with Gasteiger partial charge in [0.1, 0.15) is 11.9 Å². The van der Waals surface area contributed by atoms with Crippen LogP contribution in [0.5, 0.6) is 0 Å². The minimum atomic E-state index is -0.538. The van der Waals surface area contributed by atoms with Crippen molar-refractivity contribution in [3.05, 3.63) is 90.0 Å². The number of carbonyl (C=O) groups is 2. The van der Waals surface area contributed by atoms with Gasteiger partial charge in [0.05, 0.1) is 0 Å². The average Bonchev–Trinajstić information content (AvgIpc) is 3.49. The van der Waals surface area contributed by atoms with Gasteiger partial charge in [-0.3, -0.25) is 9.59 Å². The highest BCUT2D eigenvalue weighted by molar-refractivity contribution is 5.97. The molecule has 2 N–H and O–H groups in total. The maximum Gasteiger partial charge on any atom is 0.251 e. The summed E-state index contributed by atoms with van der Waals surface area (Å²) in [7, 11) is 0. The molecule has 1 aliphatic heterocycles. The molecule has 194 valence electrons. The van der Waals surface area contributed by atoms with E-state index in [4.69, 9.17) is 0 Å². The first-order chi connectivity index (χ1) is 18.1. The van der Waals surface area contributed by atoms with Gasteiger partial charge < -0.3 is 20.1 Å². The summed E-state index contributed by atoms with van der Waals surface area (Å²) >= 11 is 0. The van der Waals surface area contributed by atoms with Crippen LogP contribution in [0, 0.1) is 5.82 Å². The van der Waals surface area contributed by atoms with Gasteiger partial charge in [0, 0.05) is 48.7 Å². The van der Waals surface area contributed by atoms with Gasteiger partial charge in [-0.2, -0.15) is 0 Å². The van der Waals surface area contributed by atoms with E-state index in [2.05, 4.69) is 10.6 Å². The number of likely N-dealkylation sites (tertiary alicyclic amines) is 1. The summed E-state index contributed by atoms with van der Waals surface area (Å²) in [6, 6.07) is 17.9. The molecule has 6 nitrogen and oxygen atoms in total. The average molecular weight is 503 g/mol. The minimum absolute atomic E-state index is 0.0209. The number of halogens is 1. The number of piperidine rings is 1. The first-order valence-electron chi connectivity index (χ1n) is 13.4. The zero-order chi connectivity index (χ0) is 25.6.